The van der Waals surface area contributed by atoms with Gasteiger partial charge in [-0.05, 0) is 74.9 Å². The molecule has 1 N–H and O–H groups in total. The summed E-state index contributed by atoms with van der Waals surface area (Å²) >= 11 is 7.13. The van der Waals surface area contributed by atoms with Gasteiger partial charge in [-0.3, -0.25) is 4.90 Å². The van der Waals surface area contributed by atoms with Gasteiger partial charge < -0.3 is 5.32 Å². The van der Waals surface area contributed by atoms with Crippen LogP contribution in [0.2, 0.25) is 0 Å². The molecule has 0 aromatic heterocycles. The van der Waals surface area contributed by atoms with Crippen LogP contribution in [-0.2, 0) is 6.54 Å². The van der Waals surface area contributed by atoms with Crippen molar-refractivity contribution in [3.63, 3.8) is 0 Å². The first-order valence-electron chi connectivity index (χ1n) is 7.44. The van der Waals surface area contributed by atoms with Crippen molar-refractivity contribution in [3.8, 4) is 0 Å². The summed E-state index contributed by atoms with van der Waals surface area (Å²) in [6.45, 7) is 9.13. The lowest BCUT2D eigenvalue weighted by Gasteiger charge is -2.27. The van der Waals surface area contributed by atoms with Gasteiger partial charge in [0.15, 0.2) is 0 Å². The van der Waals surface area contributed by atoms with Crippen molar-refractivity contribution in [1.29, 1.82) is 0 Å². The van der Waals surface area contributed by atoms with Crippen LogP contribution in [0.15, 0.2) is 27.1 Å². The topological polar surface area (TPSA) is 15.3 Å². The molecule has 0 aliphatic carbocycles. The first kappa shape index (κ1) is 16.5. The second-order valence-electron chi connectivity index (χ2n) is 6.13. The molecule has 0 saturated carbocycles. The largest absolute Gasteiger partial charge is 0.313 e. The monoisotopic (exact) mass is 402 g/mol. The number of hydrogen-bond acceptors (Lipinski definition) is 2. The Bertz CT molecular complexity index is 428. The molecule has 0 bridgehead atoms. The molecule has 112 valence electrons. The van der Waals surface area contributed by atoms with Gasteiger partial charge in [-0.1, -0.05) is 19.9 Å². The van der Waals surface area contributed by atoms with E-state index in [0.717, 1.165) is 28.6 Å². The Morgan fingerprint density at radius 2 is 2.10 bits per heavy atom. The third-order valence-corrected chi connectivity index (χ3v) is 5.53. The molecule has 1 aliphatic rings. The number of rotatable bonds is 6. The molecule has 1 fully saturated rings. The SMILES string of the molecule is CC(C)CN(Cc1ccc(Br)c(Br)c1)CC1CCCN1. The Morgan fingerprint density at radius 1 is 1.30 bits per heavy atom. The predicted octanol–water partition coefficient (Wildman–Crippen LogP) is 4.42. The molecule has 0 amide bonds. The van der Waals surface area contributed by atoms with Crippen LogP contribution in [0.4, 0.5) is 0 Å². The van der Waals surface area contributed by atoms with Gasteiger partial charge in [-0.2, -0.15) is 0 Å². The van der Waals surface area contributed by atoms with Gasteiger partial charge in [0, 0.05) is 34.6 Å². The van der Waals surface area contributed by atoms with Crippen LogP contribution >= 0.6 is 31.9 Å². The number of nitrogens with one attached hydrogen (secondary N) is 1. The summed E-state index contributed by atoms with van der Waals surface area (Å²) < 4.78 is 2.26. The third-order valence-electron chi connectivity index (χ3n) is 3.65. The Hall–Kier alpha value is 0.1000. The fraction of sp³-hybridized carbons (Fsp3) is 0.625. The first-order valence-corrected chi connectivity index (χ1v) is 9.03. The highest BCUT2D eigenvalue weighted by Crippen LogP contribution is 2.24. The van der Waals surface area contributed by atoms with Crippen molar-refractivity contribution < 1.29 is 0 Å². The Morgan fingerprint density at radius 3 is 2.70 bits per heavy atom. The molecule has 20 heavy (non-hydrogen) atoms. The van der Waals surface area contributed by atoms with Gasteiger partial charge in [0.2, 0.25) is 0 Å². The lowest BCUT2D eigenvalue weighted by Crippen LogP contribution is -2.38. The van der Waals surface area contributed by atoms with E-state index in [2.05, 4.69) is 74.1 Å². The predicted molar refractivity (Wildman–Crippen MR) is 93.0 cm³/mol. The van der Waals surface area contributed by atoms with E-state index in [0.29, 0.717) is 12.0 Å². The second kappa shape index (κ2) is 7.92. The minimum Gasteiger partial charge on any atom is -0.313 e. The molecule has 1 atom stereocenters. The van der Waals surface area contributed by atoms with E-state index in [9.17, 15) is 0 Å². The van der Waals surface area contributed by atoms with E-state index in [4.69, 9.17) is 0 Å². The summed E-state index contributed by atoms with van der Waals surface area (Å²) in [5.41, 5.74) is 1.37. The number of benzene rings is 1. The molecule has 1 saturated heterocycles. The van der Waals surface area contributed by atoms with Crippen LogP contribution in [0.25, 0.3) is 0 Å². The summed E-state index contributed by atoms with van der Waals surface area (Å²) in [5, 5.41) is 3.61. The van der Waals surface area contributed by atoms with E-state index in [-0.39, 0.29) is 0 Å². The standard InChI is InChI=1S/C16H24Br2N2/c1-12(2)9-20(11-14-4-3-7-19-14)10-13-5-6-15(17)16(18)8-13/h5-6,8,12,14,19H,3-4,7,9-11H2,1-2H3. The summed E-state index contributed by atoms with van der Waals surface area (Å²) in [6.07, 6.45) is 2.64. The van der Waals surface area contributed by atoms with Gasteiger partial charge >= 0.3 is 0 Å². The smallest absolute Gasteiger partial charge is 0.0320 e. The maximum absolute atomic E-state index is 3.61. The molecule has 4 heteroatoms. The molecule has 1 aliphatic heterocycles. The Balaban J connectivity index is 1.99. The minimum atomic E-state index is 0.674. The zero-order chi connectivity index (χ0) is 14.5. The molecule has 0 radical (unpaired) electrons. The third kappa shape index (κ3) is 5.14. The first-order chi connectivity index (χ1) is 9.54. The molecule has 1 aromatic carbocycles. The van der Waals surface area contributed by atoms with Crippen molar-refractivity contribution in [2.45, 2.75) is 39.3 Å². The number of nitrogens with zero attached hydrogens (tertiary/aromatic N) is 1. The average molecular weight is 404 g/mol. The fourth-order valence-corrected chi connectivity index (χ4v) is 3.51. The van der Waals surface area contributed by atoms with Crippen LogP contribution < -0.4 is 5.32 Å². The Labute approximate surface area is 139 Å². The van der Waals surface area contributed by atoms with Crippen LogP contribution in [0, 0.1) is 5.92 Å². The highest BCUT2D eigenvalue weighted by molar-refractivity contribution is 9.13. The van der Waals surface area contributed by atoms with E-state index in [1.807, 2.05) is 0 Å². The summed E-state index contributed by atoms with van der Waals surface area (Å²) in [7, 11) is 0. The van der Waals surface area contributed by atoms with E-state index in [1.54, 1.807) is 0 Å². The maximum atomic E-state index is 3.61. The van der Waals surface area contributed by atoms with E-state index >= 15 is 0 Å². The molecule has 2 rings (SSSR count). The van der Waals surface area contributed by atoms with Crippen LogP contribution in [0.5, 0.6) is 0 Å². The van der Waals surface area contributed by atoms with E-state index < -0.39 is 0 Å². The van der Waals surface area contributed by atoms with Gasteiger partial charge in [0.25, 0.3) is 0 Å². The van der Waals surface area contributed by atoms with Crippen LogP contribution in [0.3, 0.4) is 0 Å². The van der Waals surface area contributed by atoms with Gasteiger partial charge in [-0.25, -0.2) is 0 Å². The zero-order valence-electron chi connectivity index (χ0n) is 12.3. The second-order valence-corrected chi connectivity index (χ2v) is 7.84. The van der Waals surface area contributed by atoms with Gasteiger partial charge in [0.05, 0.1) is 0 Å². The molecular weight excluding hydrogens is 380 g/mol. The van der Waals surface area contributed by atoms with Crippen molar-refractivity contribution in [1.82, 2.24) is 10.2 Å². The van der Waals surface area contributed by atoms with Crippen LogP contribution in [-0.4, -0.2) is 30.6 Å². The molecule has 0 spiro atoms. The molecular formula is C16H24Br2N2. The van der Waals surface area contributed by atoms with Gasteiger partial charge in [0.1, 0.15) is 0 Å². The highest BCUT2D eigenvalue weighted by atomic mass is 79.9. The quantitative estimate of drug-likeness (QED) is 0.756. The van der Waals surface area contributed by atoms with Crippen molar-refractivity contribution >= 4 is 31.9 Å². The van der Waals surface area contributed by atoms with E-state index in [1.165, 1.54) is 24.9 Å². The van der Waals surface area contributed by atoms with Crippen molar-refractivity contribution in [2.75, 3.05) is 19.6 Å². The van der Waals surface area contributed by atoms with Crippen molar-refractivity contribution in [3.05, 3.63) is 32.7 Å². The number of halogens is 2. The fourth-order valence-electron chi connectivity index (χ4n) is 2.84. The Kier molecular flexibility index (Phi) is 6.53. The highest BCUT2D eigenvalue weighted by Gasteiger charge is 2.18. The lowest BCUT2D eigenvalue weighted by molar-refractivity contribution is 0.216. The molecule has 2 nitrogen and oxygen atoms in total. The lowest BCUT2D eigenvalue weighted by atomic mass is 10.1. The summed E-state index contributed by atoms with van der Waals surface area (Å²) in [4.78, 5) is 2.59. The summed E-state index contributed by atoms with van der Waals surface area (Å²) in [5.74, 6) is 0.704. The number of hydrogen-bond donors (Lipinski definition) is 1. The minimum absolute atomic E-state index is 0.674. The average Bonchev–Trinajstić information content (AvgIpc) is 2.86. The molecule has 1 unspecified atom stereocenters. The normalized spacial score (nSPS) is 19.2. The van der Waals surface area contributed by atoms with Crippen molar-refractivity contribution in [2.24, 2.45) is 5.92 Å². The molecule has 1 aromatic rings. The van der Waals surface area contributed by atoms with Crippen LogP contribution in [0.1, 0.15) is 32.3 Å². The van der Waals surface area contributed by atoms with Gasteiger partial charge in [-0.15, -0.1) is 0 Å². The zero-order valence-corrected chi connectivity index (χ0v) is 15.5. The summed E-state index contributed by atoms with van der Waals surface area (Å²) in [6, 6.07) is 7.23. The molecule has 1 heterocycles. The maximum Gasteiger partial charge on any atom is 0.0320 e.